The SMILES string of the molecule is N[C@]12C[C@H]1C=CCCCCCCc1ccccc1S(=O)(=O)NC2=O. The van der Waals surface area contributed by atoms with Crippen LogP contribution >= 0.6 is 0 Å². The zero-order valence-electron chi connectivity index (χ0n) is 13.7. The smallest absolute Gasteiger partial charge is 0.264 e. The zero-order chi connectivity index (χ0) is 17.2. The number of hydrogen-bond donors (Lipinski definition) is 2. The summed E-state index contributed by atoms with van der Waals surface area (Å²) in [6.07, 6.45) is 10.4. The van der Waals surface area contributed by atoms with Crippen molar-refractivity contribution in [3.8, 4) is 0 Å². The molecule has 3 N–H and O–H groups in total. The van der Waals surface area contributed by atoms with Crippen molar-refractivity contribution in [3.05, 3.63) is 42.0 Å². The van der Waals surface area contributed by atoms with Crippen LogP contribution in [0.2, 0.25) is 0 Å². The maximum absolute atomic E-state index is 12.6. The monoisotopic (exact) mass is 348 g/mol. The normalized spacial score (nSPS) is 30.2. The Labute approximate surface area is 143 Å². The maximum atomic E-state index is 12.6. The van der Waals surface area contributed by atoms with E-state index in [9.17, 15) is 13.2 Å². The highest BCUT2D eigenvalue weighted by Gasteiger charge is 2.56. The van der Waals surface area contributed by atoms with E-state index >= 15 is 0 Å². The van der Waals surface area contributed by atoms with Gasteiger partial charge in [0.25, 0.3) is 15.9 Å². The number of amides is 1. The van der Waals surface area contributed by atoms with Crippen molar-refractivity contribution in [2.75, 3.05) is 0 Å². The van der Waals surface area contributed by atoms with Crippen LogP contribution < -0.4 is 10.5 Å². The number of nitrogens with one attached hydrogen (secondary N) is 1. The summed E-state index contributed by atoms with van der Waals surface area (Å²) in [6, 6.07) is 6.88. The molecule has 0 radical (unpaired) electrons. The lowest BCUT2D eigenvalue weighted by atomic mass is 10.1. The van der Waals surface area contributed by atoms with Crippen LogP contribution in [0.1, 0.15) is 44.1 Å². The molecule has 6 heteroatoms. The highest BCUT2D eigenvalue weighted by atomic mass is 32.2. The van der Waals surface area contributed by atoms with Gasteiger partial charge < -0.3 is 5.73 Å². The van der Waals surface area contributed by atoms with Gasteiger partial charge in [0.2, 0.25) is 0 Å². The predicted octanol–water partition coefficient (Wildman–Crippen LogP) is 2.27. The number of rotatable bonds is 0. The van der Waals surface area contributed by atoms with Crippen molar-refractivity contribution in [2.24, 2.45) is 11.7 Å². The molecule has 1 heterocycles. The lowest BCUT2D eigenvalue weighted by Gasteiger charge is -2.14. The van der Waals surface area contributed by atoms with E-state index in [0.29, 0.717) is 12.8 Å². The second-order valence-corrected chi connectivity index (χ2v) is 8.43. The third kappa shape index (κ3) is 3.54. The minimum atomic E-state index is -3.90. The molecule has 1 aliphatic carbocycles. The summed E-state index contributed by atoms with van der Waals surface area (Å²) in [5, 5.41) is 0. The van der Waals surface area contributed by atoms with Gasteiger partial charge >= 0.3 is 0 Å². The molecule has 130 valence electrons. The van der Waals surface area contributed by atoms with Gasteiger partial charge in [-0.05, 0) is 43.7 Å². The molecule has 2 atom stereocenters. The third-order valence-corrected chi connectivity index (χ3v) is 6.34. The van der Waals surface area contributed by atoms with Gasteiger partial charge in [0.05, 0.1) is 4.90 Å². The van der Waals surface area contributed by atoms with Crippen LogP contribution in [0.5, 0.6) is 0 Å². The average Bonchev–Trinajstić information content (AvgIpc) is 3.21. The summed E-state index contributed by atoms with van der Waals surface area (Å²) in [7, 11) is -3.90. The Hall–Kier alpha value is -1.66. The van der Waals surface area contributed by atoms with E-state index in [1.54, 1.807) is 12.1 Å². The first kappa shape index (κ1) is 17.2. The van der Waals surface area contributed by atoms with E-state index in [2.05, 4.69) is 10.8 Å². The Bertz CT molecular complexity index is 757. The van der Waals surface area contributed by atoms with Crippen LogP contribution in [0.15, 0.2) is 41.3 Å². The van der Waals surface area contributed by atoms with Gasteiger partial charge in [0.1, 0.15) is 5.54 Å². The molecule has 2 aliphatic rings. The molecule has 5 nitrogen and oxygen atoms in total. The topological polar surface area (TPSA) is 89.3 Å². The van der Waals surface area contributed by atoms with E-state index < -0.39 is 21.5 Å². The molecule has 1 amide bonds. The van der Waals surface area contributed by atoms with Gasteiger partial charge in [-0.15, -0.1) is 0 Å². The van der Waals surface area contributed by atoms with Gasteiger partial charge in [-0.1, -0.05) is 43.2 Å². The van der Waals surface area contributed by atoms with Crippen LogP contribution in [0.3, 0.4) is 0 Å². The summed E-state index contributed by atoms with van der Waals surface area (Å²) < 4.78 is 27.5. The molecule has 24 heavy (non-hydrogen) atoms. The van der Waals surface area contributed by atoms with Crippen molar-refractivity contribution < 1.29 is 13.2 Å². The molecule has 0 aromatic heterocycles. The van der Waals surface area contributed by atoms with Crippen molar-refractivity contribution in [1.29, 1.82) is 0 Å². The first-order valence-electron chi connectivity index (χ1n) is 8.54. The molecule has 1 aromatic carbocycles. The minimum Gasteiger partial charge on any atom is -0.317 e. The van der Waals surface area contributed by atoms with Crippen molar-refractivity contribution in [3.63, 3.8) is 0 Å². The van der Waals surface area contributed by atoms with Crippen LogP contribution in [0.25, 0.3) is 0 Å². The number of hydrogen-bond acceptors (Lipinski definition) is 4. The molecule has 0 spiro atoms. The summed E-state index contributed by atoms with van der Waals surface area (Å²) in [5.74, 6) is -0.685. The Morgan fingerprint density at radius 3 is 2.71 bits per heavy atom. The third-order valence-electron chi connectivity index (χ3n) is 4.91. The lowest BCUT2D eigenvalue weighted by molar-refractivity contribution is -0.121. The van der Waals surface area contributed by atoms with Gasteiger partial charge in [-0.3, -0.25) is 4.79 Å². The van der Waals surface area contributed by atoms with E-state index in [1.165, 1.54) is 0 Å². The average molecular weight is 348 g/mol. The fraction of sp³-hybridized carbons (Fsp3) is 0.500. The molecule has 0 unspecified atom stereocenters. The second-order valence-electron chi connectivity index (χ2n) is 6.77. The van der Waals surface area contributed by atoms with Crippen LogP contribution in [-0.2, 0) is 21.2 Å². The number of fused-ring (bicyclic) bond motifs is 2. The first-order valence-corrected chi connectivity index (χ1v) is 10.0. The number of carbonyl (C=O) groups excluding carboxylic acids is 1. The molecule has 1 aromatic rings. The van der Waals surface area contributed by atoms with Crippen molar-refractivity contribution in [2.45, 2.75) is 55.4 Å². The van der Waals surface area contributed by atoms with Gasteiger partial charge in [0.15, 0.2) is 0 Å². The standard InChI is InChI=1S/C18H24N2O3S/c19-18-13-15(18)11-6-4-2-1-3-5-9-14-10-7-8-12-16(14)24(22,23)20-17(18)21/h6-8,10-12,15H,1-5,9,13,19H2,(H,20,21)/t15-,18-/m1/s1. The molecule has 1 aliphatic heterocycles. The van der Waals surface area contributed by atoms with Gasteiger partial charge in [-0.25, -0.2) is 13.1 Å². The number of allylic oxidation sites excluding steroid dienone is 1. The number of carbonyl (C=O) groups is 1. The Morgan fingerprint density at radius 2 is 1.88 bits per heavy atom. The molecule has 1 saturated carbocycles. The second kappa shape index (κ2) is 6.69. The molecular weight excluding hydrogens is 324 g/mol. The summed E-state index contributed by atoms with van der Waals surface area (Å²) in [4.78, 5) is 12.6. The maximum Gasteiger partial charge on any atom is 0.264 e. The highest BCUT2D eigenvalue weighted by Crippen LogP contribution is 2.42. The van der Waals surface area contributed by atoms with Crippen LogP contribution in [0, 0.1) is 5.92 Å². The minimum absolute atomic E-state index is 0.0759. The summed E-state index contributed by atoms with van der Waals surface area (Å²) in [5.41, 5.74) is 5.74. The number of benzene rings is 1. The van der Waals surface area contributed by atoms with E-state index in [-0.39, 0.29) is 10.8 Å². The molecule has 3 rings (SSSR count). The number of nitrogens with two attached hydrogens (primary N) is 1. The van der Waals surface area contributed by atoms with Crippen molar-refractivity contribution in [1.82, 2.24) is 4.72 Å². The number of aryl methyl sites for hydroxylation is 1. The Balaban J connectivity index is 1.89. The van der Waals surface area contributed by atoms with Crippen molar-refractivity contribution >= 4 is 15.9 Å². The fourth-order valence-corrected chi connectivity index (χ4v) is 4.56. The summed E-state index contributed by atoms with van der Waals surface area (Å²) >= 11 is 0. The number of sulfonamides is 1. The van der Waals surface area contributed by atoms with Crippen LogP contribution in [0.4, 0.5) is 0 Å². The zero-order valence-corrected chi connectivity index (χ0v) is 14.5. The molecule has 0 bridgehead atoms. The fourth-order valence-electron chi connectivity index (χ4n) is 3.24. The highest BCUT2D eigenvalue weighted by molar-refractivity contribution is 7.90. The van der Waals surface area contributed by atoms with E-state index in [4.69, 9.17) is 5.73 Å². The molecule has 1 fully saturated rings. The lowest BCUT2D eigenvalue weighted by Crippen LogP contribution is -2.46. The Kier molecular flexibility index (Phi) is 4.78. The van der Waals surface area contributed by atoms with Gasteiger partial charge in [0, 0.05) is 5.92 Å². The Morgan fingerprint density at radius 1 is 1.12 bits per heavy atom. The van der Waals surface area contributed by atoms with Crippen LogP contribution in [-0.4, -0.2) is 19.9 Å². The largest absolute Gasteiger partial charge is 0.317 e. The summed E-state index contributed by atoms with van der Waals surface area (Å²) in [6.45, 7) is 0. The first-order chi connectivity index (χ1) is 11.4. The quantitative estimate of drug-likeness (QED) is 0.704. The van der Waals surface area contributed by atoms with E-state index in [1.807, 2.05) is 18.2 Å². The molecular formula is C18H24N2O3S. The van der Waals surface area contributed by atoms with Gasteiger partial charge in [-0.2, -0.15) is 0 Å². The predicted molar refractivity (Wildman–Crippen MR) is 92.7 cm³/mol. The molecule has 0 saturated heterocycles. The van der Waals surface area contributed by atoms with E-state index in [0.717, 1.165) is 37.7 Å².